The highest BCUT2D eigenvalue weighted by Crippen LogP contribution is 2.13. The first-order chi connectivity index (χ1) is 11.6. The second-order valence-electron chi connectivity index (χ2n) is 4.81. The molecule has 1 N–H and O–H groups in total. The Morgan fingerprint density at radius 1 is 1.29 bits per heavy atom. The van der Waals surface area contributed by atoms with Gasteiger partial charge in [0, 0.05) is 12.1 Å². The lowest BCUT2D eigenvalue weighted by Crippen LogP contribution is -2.20. The van der Waals surface area contributed by atoms with Gasteiger partial charge in [-0.1, -0.05) is 17.3 Å². The van der Waals surface area contributed by atoms with Crippen molar-refractivity contribution < 1.29 is 23.6 Å². The number of esters is 1. The van der Waals surface area contributed by atoms with Crippen LogP contribution in [0.5, 0.6) is 5.75 Å². The van der Waals surface area contributed by atoms with Crippen LogP contribution in [-0.2, 0) is 14.3 Å². The third-order valence-corrected chi connectivity index (χ3v) is 2.84. The minimum Gasteiger partial charge on any atom is -0.494 e. The molecule has 24 heavy (non-hydrogen) atoms. The number of benzene rings is 1. The van der Waals surface area contributed by atoms with E-state index in [1.54, 1.807) is 19.1 Å². The monoisotopic (exact) mass is 330 g/mol. The van der Waals surface area contributed by atoms with E-state index in [1.807, 2.05) is 31.2 Å². The summed E-state index contributed by atoms with van der Waals surface area (Å²) >= 11 is 0. The second kappa shape index (κ2) is 8.52. The van der Waals surface area contributed by atoms with Gasteiger partial charge < -0.3 is 19.3 Å². The fourth-order valence-corrected chi connectivity index (χ4v) is 1.80. The predicted molar refractivity (Wildman–Crippen MR) is 87.5 cm³/mol. The van der Waals surface area contributed by atoms with Crippen LogP contribution in [0.25, 0.3) is 6.08 Å². The van der Waals surface area contributed by atoms with Gasteiger partial charge in [-0.2, -0.15) is 0 Å². The highest BCUT2D eigenvalue weighted by atomic mass is 16.5. The molecule has 0 bridgehead atoms. The molecule has 0 saturated carbocycles. The summed E-state index contributed by atoms with van der Waals surface area (Å²) in [6.07, 6.45) is 2.85. The van der Waals surface area contributed by atoms with E-state index in [2.05, 4.69) is 10.5 Å². The lowest BCUT2D eigenvalue weighted by atomic mass is 10.2. The smallest absolute Gasteiger partial charge is 0.331 e. The second-order valence-corrected chi connectivity index (χ2v) is 4.81. The van der Waals surface area contributed by atoms with E-state index in [1.165, 1.54) is 6.08 Å². The molecule has 0 aliphatic carbocycles. The van der Waals surface area contributed by atoms with Crippen LogP contribution >= 0.6 is 0 Å². The number of carbonyl (C=O) groups is 2. The normalized spacial score (nSPS) is 10.6. The summed E-state index contributed by atoms with van der Waals surface area (Å²) in [6, 6.07) is 8.80. The number of nitrogens with zero attached hydrogens (tertiary/aromatic N) is 1. The summed E-state index contributed by atoms with van der Waals surface area (Å²) in [4.78, 5) is 23.2. The average molecular weight is 330 g/mol. The van der Waals surface area contributed by atoms with Gasteiger partial charge in [-0.05, 0) is 37.6 Å². The third-order valence-electron chi connectivity index (χ3n) is 2.84. The molecule has 0 saturated heterocycles. The molecular weight excluding hydrogens is 312 g/mol. The molecule has 1 aromatic heterocycles. The van der Waals surface area contributed by atoms with E-state index in [0.29, 0.717) is 12.4 Å². The topological polar surface area (TPSA) is 90.7 Å². The molecule has 1 heterocycles. The molecule has 2 aromatic rings. The number of hydrogen-bond acceptors (Lipinski definition) is 6. The molecule has 2 rings (SSSR count). The summed E-state index contributed by atoms with van der Waals surface area (Å²) < 4.78 is 15.0. The first-order valence-corrected chi connectivity index (χ1v) is 7.37. The van der Waals surface area contributed by atoms with Gasteiger partial charge in [-0.15, -0.1) is 0 Å². The molecule has 0 fully saturated rings. The number of amides is 1. The summed E-state index contributed by atoms with van der Waals surface area (Å²) in [7, 11) is 0. The van der Waals surface area contributed by atoms with E-state index in [4.69, 9.17) is 14.0 Å². The fraction of sp³-hybridized carbons (Fsp3) is 0.235. The molecule has 0 spiro atoms. The number of ether oxygens (including phenoxy) is 2. The Kier molecular flexibility index (Phi) is 6.13. The summed E-state index contributed by atoms with van der Waals surface area (Å²) in [5.41, 5.74) is 0.818. The van der Waals surface area contributed by atoms with E-state index in [-0.39, 0.29) is 5.82 Å². The predicted octanol–water partition coefficient (Wildman–Crippen LogP) is 2.58. The highest BCUT2D eigenvalue weighted by Gasteiger charge is 2.08. The maximum absolute atomic E-state index is 11.6. The van der Waals surface area contributed by atoms with Crippen LogP contribution < -0.4 is 10.1 Å². The number of carbonyl (C=O) groups excluding carboxylic acids is 2. The minimum absolute atomic E-state index is 0.276. The van der Waals surface area contributed by atoms with Gasteiger partial charge >= 0.3 is 5.97 Å². The van der Waals surface area contributed by atoms with Crippen LogP contribution in [0.1, 0.15) is 18.2 Å². The minimum atomic E-state index is -0.615. The maximum atomic E-state index is 11.6. The van der Waals surface area contributed by atoms with E-state index in [9.17, 15) is 9.59 Å². The molecule has 7 nitrogen and oxygen atoms in total. The lowest BCUT2D eigenvalue weighted by Gasteiger charge is -2.03. The first kappa shape index (κ1) is 17.3. The molecular formula is C17H18N2O5. The van der Waals surface area contributed by atoms with Gasteiger partial charge in [0.1, 0.15) is 11.5 Å². The molecule has 0 atom stereocenters. The van der Waals surface area contributed by atoms with Crippen molar-refractivity contribution in [1.29, 1.82) is 0 Å². The standard InChI is InChI=1S/C17H18N2O5/c1-3-22-14-7-4-13(5-8-14)6-9-17(21)23-11-16(20)18-15-10-12(2)24-19-15/h4-10H,3,11H2,1-2H3,(H,18,19,20). The molecule has 126 valence electrons. The van der Waals surface area contributed by atoms with Gasteiger partial charge in [0.25, 0.3) is 5.91 Å². The molecule has 0 aliphatic heterocycles. The van der Waals surface area contributed by atoms with Gasteiger partial charge in [0.15, 0.2) is 12.4 Å². The van der Waals surface area contributed by atoms with Crippen molar-refractivity contribution in [3.05, 3.63) is 47.7 Å². The van der Waals surface area contributed by atoms with Crippen molar-refractivity contribution >= 4 is 23.8 Å². The van der Waals surface area contributed by atoms with Crippen LogP contribution in [0.15, 0.2) is 40.9 Å². The molecule has 1 aromatic carbocycles. The number of aromatic nitrogens is 1. The quantitative estimate of drug-likeness (QED) is 0.620. The first-order valence-electron chi connectivity index (χ1n) is 7.37. The van der Waals surface area contributed by atoms with Gasteiger partial charge in [0.05, 0.1) is 6.61 Å². The highest BCUT2D eigenvalue weighted by molar-refractivity contribution is 5.94. The molecule has 1 amide bonds. The van der Waals surface area contributed by atoms with E-state index in [0.717, 1.165) is 11.3 Å². The molecule has 0 unspecified atom stereocenters. The van der Waals surface area contributed by atoms with Crippen LogP contribution in [0.2, 0.25) is 0 Å². The Labute approximate surface area is 139 Å². The summed E-state index contributed by atoms with van der Waals surface area (Å²) in [6.45, 7) is 3.80. The van der Waals surface area contributed by atoms with Crippen LogP contribution in [-0.4, -0.2) is 30.2 Å². The van der Waals surface area contributed by atoms with Crippen molar-refractivity contribution in [2.45, 2.75) is 13.8 Å². The molecule has 0 aliphatic rings. The third kappa shape index (κ3) is 5.60. The van der Waals surface area contributed by atoms with Crippen molar-refractivity contribution in [3.8, 4) is 5.75 Å². The summed E-state index contributed by atoms with van der Waals surface area (Å²) in [5, 5.41) is 6.06. The Morgan fingerprint density at radius 3 is 2.67 bits per heavy atom. The lowest BCUT2D eigenvalue weighted by molar-refractivity contribution is -0.142. The number of anilines is 1. The Bertz CT molecular complexity index is 719. The average Bonchev–Trinajstić information content (AvgIpc) is 2.97. The molecule has 7 heteroatoms. The van der Waals surface area contributed by atoms with Crippen molar-refractivity contribution in [3.63, 3.8) is 0 Å². The zero-order valence-electron chi connectivity index (χ0n) is 13.4. The SMILES string of the molecule is CCOc1ccc(C=CC(=O)OCC(=O)Nc2cc(C)on2)cc1. The number of rotatable bonds is 7. The zero-order valence-corrected chi connectivity index (χ0v) is 13.4. The Hall–Kier alpha value is -3.09. The zero-order chi connectivity index (χ0) is 17.4. The Morgan fingerprint density at radius 2 is 2.04 bits per heavy atom. The van der Waals surface area contributed by atoms with Gasteiger partial charge in [0.2, 0.25) is 0 Å². The van der Waals surface area contributed by atoms with E-state index < -0.39 is 18.5 Å². The number of aryl methyl sites for hydroxylation is 1. The maximum Gasteiger partial charge on any atom is 0.331 e. The van der Waals surface area contributed by atoms with E-state index >= 15 is 0 Å². The number of nitrogens with one attached hydrogen (secondary N) is 1. The molecule has 0 radical (unpaired) electrons. The number of hydrogen-bond donors (Lipinski definition) is 1. The largest absolute Gasteiger partial charge is 0.494 e. The van der Waals surface area contributed by atoms with Crippen LogP contribution in [0, 0.1) is 6.92 Å². The fourth-order valence-electron chi connectivity index (χ4n) is 1.80. The van der Waals surface area contributed by atoms with Crippen molar-refractivity contribution in [2.75, 3.05) is 18.5 Å². The van der Waals surface area contributed by atoms with Crippen molar-refractivity contribution in [2.24, 2.45) is 0 Å². The Balaban J connectivity index is 1.76. The van der Waals surface area contributed by atoms with Gasteiger partial charge in [-0.3, -0.25) is 4.79 Å². The van der Waals surface area contributed by atoms with Gasteiger partial charge in [-0.25, -0.2) is 4.79 Å². The van der Waals surface area contributed by atoms with Crippen LogP contribution in [0.3, 0.4) is 0 Å². The summed E-state index contributed by atoms with van der Waals surface area (Å²) in [5.74, 6) is 0.498. The van der Waals surface area contributed by atoms with Crippen molar-refractivity contribution in [1.82, 2.24) is 5.16 Å². The van der Waals surface area contributed by atoms with Crippen LogP contribution in [0.4, 0.5) is 5.82 Å².